The number of rotatable bonds is 1. The van der Waals surface area contributed by atoms with E-state index < -0.39 is 0 Å². The van der Waals surface area contributed by atoms with Crippen LogP contribution in [0.5, 0.6) is 0 Å². The summed E-state index contributed by atoms with van der Waals surface area (Å²) in [7, 11) is 0. The minimum absolute atomic E-state index is 1.16. The summed E-state index contributed by atoms with van der Waals surface area (Å²) in [6, 6.07) is 10.6. The number of H-pyrrole nitrogens is 1. The average molecular weight is 200 g/mol. The predicted molar refractivity (Wildman–Crippen MR) is 59.4 cm³/mol. The molecule has 3 aromatic rings. The summed E-state index contributed by atoms with van der Waals surface area (Å²) in [4.78, 5) is 1.26. The van der Waals surface area contributed by atoms with Crippen molar-refractivity contribution in [1.82, 2.24) is 10.2 Å². The van der Waals surface area contributed by atoms with Gasteiger partial charge in [0.05, 0.1) is 6.20 Å². The quantitative estimate of drug-likeness (QED) is 0.641. The van der Waals surface area contributed by atoms with E-state index in [2.05, 4.69) is 40.5 Å². The number of fused-ring (bicyclic) bond motifs is 1. The van der Waals surface area contributed by atoms with Crippen molar-refractivity contribution in [1.29, 1.82) is 0 Å². The molecule has 0 radical (unpaired) electrons. The van der Waals surface area contributed by atoms with Crippen LogP contribution >= 0.6 is 11.3 Å². The first-order chi connectivity index (χ1) is 6.93. The normalized spacial score (nSPS) is 10.9. The van der Waals surface area contributed by atoms with Crippen LogP contribution in [-0.2, 0) is 0 Å². The molecule has 3 heteroatoms. The van der Waals surface area contributed by atoms with Gasteiger partial charge in [0.2, 0.25) is 0 Å². The lowest BCUT2D eigenvalue weighted by atomic mass is 10.2. The van der Waals surface area contributed by atoms with Gasteiger partial charge in [-0.25, -0.2) is 0 Å². The highest BCUT2D eigenvalue weighted by Gasteiger charge is 2.03. The van der Waals surface area contributed by atoms with Crippen LogP contribution in [0.15, 0.2) is 42.7 Å². The molecule has 0 aliphatic heterocycles. The zero-order valence-corrected chi connectivity index (χ0v) is 8.21. The third-order valence-electron chi connectivity index (χ3n) is 2.21. The first-order valence-corrected chi connectivity index (χ1v) is 5.23. The van der Waals surface area contributed by atoms with E-state index in [1.165, 1.54) is 15.0 Å². The molecule has 14 heavy (non-hydrogen) atoms. The molecule has 0 unspecified atom stereocenters. The fourth-order valence-corrected chi connectivity index (χ4v) is 2.55. The standard InChI is InChI=1S/C11H8N2S/c1-2-4-10-8(3-1)5-11(14-10)9-6-12-13-7-9/h1-7H,(H,12,13). The molecule has 2 heterocycles. The summed E-state index contributed by atoms with van der Waals surface area (Å²) < 4.78 is 1.32. The van der Waals surface area contributed by atoms with Crippen molar-refractivity contribution >= 4 is 21.4 Å². The smallest absolute Gasteiger partial charge is 0.0573 e. The summed E-state index contributed by atoms with van der Waals surface area (Å²) in [5.74, 6) is 0. The Kier molecular flexibility index (Phi) is 1.64. The van der Waals surface area contributed by atoms with E-state index in [-0.39, 0.29) is 0 Å². The van der Waals surface area contributed by atoms with E-state index in [0.29, 0.717) is 0 Å². The van der Waals surface area contributed by atoms with Crippen LogP contribution in [0.25, 0.3) is 20.5 Å². The van der Waals surface area contributed by atoms with E-state index in [1.54, 1.807) is 11.3 Å². The summed E-state index contributed by atoms with van der Waals surface area (Å²) in [6.07, 6.45) is 3.77. The zero-order valence-electron chi connectivity index (χ0n) is 7.40. The van der Waals surface area contributed by atoms with Gasteiger partial charge in [-0.15, -0.1) is 11.3 Å². The zero-order chi connectivity index (χ0) is 9.38. The Morgan fingerprint density at radius 3 is 2.93 bits per heavy atom. The van der Waals surface area contributed by atoms with Crippen molar-refractivity contribution in [2.24, 2.45) is 0 Å². The highest BCUT2D eigenvalue weighted by molar-refractivity contribution is 7.22. The van der Waals surface area contributed by atoms with Gasteiger partial charge < -0.3 is 0 Å². The molecular formula is C11H8N2S. The summed E-state index contributed by atoms with van der Waals surface area (Å²) >= 11 is 1.79. The Balaban J connectivity index is 2.24. The average Bonchev–Trinajstić information content (AvgIpc) is 2.86. The molecule has 0 fully saturated rings. The van der Waals surface area contributed by atoms with Gasteiger partial charge in [-0.2, -0.15) is 5.10 Å². The maximum Gasteiger partial charge on any atom is 0.0573 e. The highest BCUT2D eigenvalue weighted by Crippen LogP contribution is 2.32. The van der Waals surface area contributed by atoms with E-state index >= 15 is 0 Å². The van der Waals surface area contributed by atoms with Crippen LogP contribution < -0.4 is 0 Å². The summed E-state index contributed by atoms with van der Waals surface area (Å²) in [6.45, 7) is 0. The van der Waals surface area contributed by atoms with E-state index in [1.807, 2.05) is 12.4 Å². The molecule has 0 saturated carbocycles. The molecule has 1 aromatic carbocycles. The molecular weight excluding hydrogens is 192 g/mol. The molecule has 0 spiro atoms. The molecule has 0 aliphatic carbocycles. The number of hydrogen-bond donors (Lipinski definition) is 1. The van der Waals surface area contributed by atoms with Gasteiger partial charge in [-0.05, 0) is 17.5 Å². The summed E-state index contributed by atoms with van der Waals surface area (Å²) in [5.41, 5.74) is 1.16. The van der Waals surface area contributed by atoms with Crippen LogP contribution in [0, 0.1) is 0 Å². The van der Waals surface area contributed by atoms with Crippen molar-refractivity contribution in [3.8, 4) is 10.4 Å². The largest absolute Gasteiger partial charge is 0.285 e. The Morgan fingerprint density at radius 1 is 1.21 bits per heavy atom. The number of aromatic nitrogens is 2. The first kappa shape index (κ1) is 7.76. The number of nitrogens with zero attached hydrogens (tertiary/aromatic N) is 1. The van der Waals surface area contributed by atoms with Crippen LogP contribution in [0.4, 0.5) is 0 Å². The van der Waals surface area contributed by atoms with Gasteiger partial charge in [0.1, 0.15) is 0 Å². The third-order valence-corrected chi connectivity index (χ3v) is 3.37. The second-order valence-electron chi connectivity index (χ2n) is 3.14. The monoisotopic (exact) mass is 200 g/mol. The van der Waals surface area contributed by atoms with Gasteiger partial charge in [-0.3, -0.25) is 5.10 Å². The molecule has 0 atom stereocenters. The van der Waals surface area contributed by atoms with Crippen LogP contribution in [0.2, 0.25) is 0 Å². The predicted octanol–water partition coefficient (Wildman–Crippen LogP) is 3.29. The van der Waals surface area contributed by atoms with Crippen molar-refractivity contribution < 1.29 is 0 Å². The highest BCUT2D eigenvalue weighted by atomic mass is 32.1. The molecule has 0 bridgehead atoms. The maximum atomic E-state index is 3.95. The van der Waals surface area contributed by atoms with Gasteiger partial charge in [0, 0.05) is 21.3 Å². The second kappa shape index (κ2) is 2.96. The van der Waals surface area contributed by atoms with Gasteiger partial charge >= 0.3 is 0 Å². The number of benzene rings is 1. The maximum absolute atomic E-state index is 3.95. The molecule has 2 aromatic heterocycles. The van der Waals surface area contributed by atoms with Crippen molar-refractivity contribution in [3.63, 3.8) is 0 Å². The van der Waals surface area contributed by atoms with Gasteiger partial charge in [-0.1, -0.05) is 18.2 Å². The molecule has 0 amide bonds. The molecule has 3 rings (SSSR count). The Morgan fingerprint density at radius 2 is 2.14 bits per heavy atom. The Hall–Kier alpha value is -1.61. The Bertz CT molecular complexity index is 518. The molecule has 1 N–H and O–H groups in total. The number of hydrogen-bond acceptors (Lipinski definition) is 2. The molecule has 68 valence electrons. The van der Waals surface area contributed by atoms with E-state index in [9.17, 15) is 0 Å². The van der Waals surface area contributed by atoms with E-state index in [0.717, 1.165) is 5.56 Å². The lowest BCUT2D eigenvalue weighted by molar-refractivity contribution is 1.09. The van der Waals surface area contributed by atoms with Crippen LogP contribution in [0.3, 0.4) is 0 Å². The minimum Gasteiger partial charge on any atom is -0.285 e. The van der Waals surface area contributed by atoms with Gasteiger partial charge in [0.15, 0.2) is 0 Å². The first-order valence-electron chi connectivity index (χ1n) is 4.41. The SMILES string of the molecule is c1ccc2sc(-c3cn[nH]c3)cc2c1. The molecule has 2 nitrogen and oxygen atoms in total. The molecule has 0 saturated heterocycles. The van der Waals surface area contributed by atoms with Crippen molar-refractivity contribution in [3.05, 3.63) is 42.7 Å². The topological polar surface area (TPSA) is 28.7 Å². The van der Waals surface area contributed by atoms with Crippen LogP contribution in [0.1, 0.15) is 0 Å². The minimum atomic E-state index is 1.16. The van der Waals surface area contributed by atoms with Gasteiger partial charge in [0.25, 0.3) is 0 Å². The number of nitrogens with one attached hydrogen (secondary N) is 1. The second-order valence-corrected chi connectivity index (χ2v) is 4.22. The summed E-state index contributed by atoms with van der Waals surface area (Å²) in [5, 5.41) is 8.08. The lowest BCUT2D eigenvalue weighted by Gasteiger charge is -1.84. The number of thiophene rings is 1. The van der Waals surface area contributed by atoms with Crippen LogP contribution in [-0.4, -0.2) is 10.2 Å². The Labute approximate surface area is 85.2 Å². The fourth-order valence-electron chi connectivity index (χ4n) is 1.51. The third kappa shape index (κ3) is 1.14. The van der Waals surface area contributed by atoms with Crippen molar-refractivity contribution in [2.45, 2.75) is 0 Å². The molecule has 0 aliphatic rings. The number of aromatic amines is 1. The lowest BCUT2D eigenvalue weighted by Crippen LogP contribution is -1.61. The fraction of sp³-hybridized carbons (Fsp3) is 0. The van der Waals surface area contributed by atoms with Crippen molar-refractivity contribution in [2.75, 3.05) is 0 Å². The van der Waals surface area contributed by atoms with E-state index in [4.69, 9.17) is 0 Å².